The molecule has 0 radical (unpaired) electrons. The molecule has 88 valence electrons. The van der Waals surface area contributed by atoms with Gasteiger partial charge < -0.3 is 10.2 Å². The highest BCUT2D eigenvalue weighted by atomic mass is 16.3. The van der Waals surface area contributed by atoms with Crippen molar-refractivity contribution in [3.8, 4) is 11.5 Å². The number of allylic oxidation sites excluding steroid dienone is 4. The maximum absolute atomic E-state index is 10.3. The standard InChI is InChI=1S/C7H8O2.C6H4O2/c1-5-4-6(8)2-3-7(5)9;7-5-1-2-6(8)4-3-5/h2-4,8-9H,1H3;1-4H. The molecule has 1 aliphatic carbocycles. The number of rotatable bonds is 0. The quantitative estimate of drug-likeness (QED) is 0.527. The minimum absolute atomic E-state index is 0.121. The molecule has 0 saturated carbocycles. The number of hydrogen-bond donors (Lipinski definition) is 2. The van der Waals surface area contributed by atoms with E-state index in [1.54, 1.807) is 6.92 Å². The molecule has 4 nitrogen and oxygen atoms in total. The number of ketones is 2. The Morgan fingerprint density at radius 1 is 0.882 bits per heavy atom. The summed E-state index contributed by atoms with van der Waals surface area (Å²) in [5, 5.41) is 17.8. The molecule has 0 saturated heterocycles. The van der Waals surface area contributed by atoms with E-state index >= 15 is 0 Å². The van der Waals surface area contributed by atoms with Gasteiger partial charge in [-0.15, -0.1) is 0 Å². The summed E-state index contributed by atoms with van der Waals surface area (Å²) in [7, 11) is 0. The van der Waals surface area contributed by atoms with E-state index in [4.69, 9.17) is 10.2 Å². The first-order valence-corrected chi connectivity index (χ1v) is 4.91. The Balaban J connectivity index is 0.000000171. The SMILES string of the molecule is Cc1cc(O)ccc1O.O=C1C=CC(=O)C=C1. The van der Waals surface area contributed by atoms with Gasteiger partial charge in [0.25, 0.3) is 0 Å². The Morgan fingerprint density at radius 2 is 1.35 bits per heavy atom. The molecule has 1 aromatic carbocycles. The van der Waals surface area contributed by atoms with Crippen molar-refractivity contribution in [2.45, 2.75) is 6.92 Å². The van der Waals surface area contributed by atoms with E-state index < -0.39 is 0 Å². The molecule has 0 unspecified atom stereocenters. The Bertz CT molecular complexity index is 460. The monoisotopic (exact) mass is 232 g/mol. The van der Waals surface area contributed by atoms with Gasteiger partial charge in [-0.3, -0.25) is 9.59 Å². The maximum atomic E-state index is 10.3. The molecular weight excluding hydrogens is 220 g/mol. The summed E-state index contributed by atoms with van der Waals surface area (Å²) < 4.78 is 0. The van der Waals surface area contributed by atoms with E-state index in [1.165, 1.54) is 42.5 Å². The van der Waals surface area contributed by atoms with Crippen molar-refractivity contribution in [3.63, 3.8) is 0 Å². The second kappa shape index (κ2) is 5.65. The molecule has 1 aromatic rings. The summed E-state index contributed by atoms with van der Waals surface area (Å²) in [6.45, 7) is 1.73. The lowest BCUT2D eigenvalue weighted by molar-refractivity contribution is -0.113. The smallest absolute Gasteiger partial charge is 0.178 e. The van der Waals surface area contributed by atoms with Crippen LogP contribution in [0, 0.1) is 6.92 Å². The number of aromatic hydroxyl groups is 2. The molecule has 0 amide bonds. The van der Waals surface area contributed by atoms with Crippen LogP contribution in [0.25, 0.3) is 0 Å². The first-order chi connectivity index (χ1) is 7.99. The first-order valence-electron chi connectivity index (χ1n) is 4.91. The summed E-state index contributed by atoms with van der Waals surface area (Å²) in [5.74, 6) is 0.160. The van der Waals surface area contributed by atoms with Gasteiger partial charge in [0, 0.05) is 0 Å². The predicted octanol–water partition coefficient (Wildman–Crippen LogP) is 1.66. The van der Waals surface area contributed by atoms with Crippen LogP contribution in [0.1, 0.15) is 5.56 Å². The summed E-state index contributed by atoms with van der Waals surface area (Å²) in [5.41, 5.74) is 0.690. The number of carbonyl (C=O) groups excluding carboxylic acids is 2. The molecule has 2 N–H and O–H groups in total. The second-order valence-corrected chi connectivity index (χ2v) is 3.44. The lowest BCUT2D eigenvalue weighted by Crippen LogP contribution is -1.97. The van der Waals surface area contributed by atoms with Crippen LogP contribution in [-0.2, 0) is 9.59 Å². The van der Waals surface area contributed by atoms with Crippen LogP contribution in [0.2, 0.25) is 0 Å². The highest BCUT2D eigenvalue weighted by molar-refractivity contribution is 6.14. The highest BCUT2D eigenvalue weighted by Crippen LogP contribution is 2.19. The third-order valence-corrected chi connectivity index (χ3v) is 2.00. The van der Waals surface area contributed by atoms with Crippen molar-refractivity contribution in [1.82, 2.24) is 0 Å². The molecule has 17 heavy (non-hydrogen) atoms. The van der Waals surface area contributed by atoms with Crippen molar-refractivity contribution in [2.75, 3.05) is 0 Å². The molecule has 0 aliphatic heterocycles. The van der Waals surface area contributed by atoms with Crippen LogP contribution in [0.5, 0.6) is 11.5 Å². The second-order valence-electron chi connectivity index (χ2n) is 3.44. The van der Waals surface area contributed by atoms with Crippen molar-refractivity contribution in [1.29, 1.82) is 0 Å². The molecule has 0 aromatic heterocycles. The average Bonchev–Trinajstić information content (AvgIpc) is 2.29. The van der Waals surface area contributed by atoms with Crippen LogP contribution < -0.4 is 0 Å². The fraction of sp³-hybridized carbons (Fsp3) is 0.0769. The average molecular weight is 232 g/mol. The van der Waals surface area contributed by atoms with E-state index in [0.29, 0.717) is 5.56 Å². The number of benzene rings is 1. The number of phenolic OH excluding ortho intramolecular Hbond substituents is 2. The molecule has 1 aliphatic rings. The number of phenols is 2. The van der Waals surface area contributed by atoms with E-state index in [-0.39, 0.29) is 23.1 Å². The zero-order valence-electron chi connectivity index (χ0n) is 9.25. The highest BCUT2D eigenvalue weighted by Gasteiger charge is 1.98. The van der Waals surface area contributed by atoms with Crippen molar-refractivity contribution < 1.29 is 19.8 Å². The molecule has 4 heteroatoms. The lowest BCUT2D eigenvalue weighted by atomic mass is 10.2. The molecule has 0 fully saturated rings. The largest absolute Gasteiger partial charge is 0.508 e. The fourth-order valence-corrected chi connectivity index (χ4v) is 1.08. The summed E-state index contributed by atoms with van der Waals surface area (Å²) in [6, 6.07) is 4.42. The van der Waals surface area contributed by atoms with Crippen LogP contribution in [-0.4, -0.2) is 21.8 Å². The van der Waals surface area contributed by atoms with Crippen LogP contribution in [0.15, 0.2) is 42.5 Å². The van der Waals surface area contributed by atoms with E-state index in [1.807, 2.05) is 0 Å². The topological polar surface area (TPSA) is 74.6 Å². The summed E-state index contributed by atoms with van der Waals surface area (Å²) >= 11 is 0. The number of aryl methyl sites for hydroxylation is 1. The first kappa shape index (κ1) is 12.7. The van der Waals surface area contributed by atoms with Crippen LogP contribution >= 0.6 is 0 Å². The molecule has 0 heterocycles. The molecular formula is C13H12O4. The number of hydrogen-bond acceptors (Lipinski definition) is 4. The third kappa shape index (κ3) is 4.34. The minimum atomic E-state index is -0.121. The van der Waals surface area contributed by atoms with E-state index in [2.05, 4.69) is 0 Å². The Kier molecular flexibility index (Phi) is 4.22. The van der Waals surface area contributed by atoms with Gasteiger partial charge in [0.05, 0.1) is 0 Å². The van der Waals surface area contributed by atoms with Crippen molar-refractivity contribution in [2.24, 2.45) is 0 Å². The molecule has 0 spiro atoms. The lowest BCUT2D eigenvalue weighted by Gasteiger charge is -1.96. The minimum Gasteiger partial charge on any atom is -0.508 e. The molecule has 0 bridgehead atoms. The van der Waals surface area contributed by atoms with Gasteiger partial charge in [0.15, 0.2) is 11.6 Å². The normalized spacial score (nSPS) is 13.2. The zero-order valence-corrected chi connectivity index (χ0v) is 9.25. The number of carbonyl (C=O) groups is 2. The van der Waals surface area contributed by atoms with Crippen molar-refractivity contribution >= 4 is 11.6 Å². The van der Waals surface area contributed by atoms with Gasteiger partial charge in [-0.2, -0.15) is 0 Å². The molecule has 0 atom stereocenters. The summed E-state index contributed by atoms with van der Waals surface area (Å²) in [6.07, 6.45) is 5.01. The van der Waals surface area contributed by atoms with Gasteiger partial charge in [-0.25, -0.2) is 0 Å². The fourth-order valence-electron chi connectivity index (χ4n) is 1.08. The van der Waals surface area contributed by atoms with Gasteiger partial charge in [0.2, 0.25) is 0 Å². The Labute approximate surface area is 98.5 Å². The summed E-state index contributed by atoms with van der Waals surface area (Å²) in [4.78, 5) is 20.6. The predicted molar refractivity (Wildman–Crippen MR) is 62.8 cm³/mol. The van der Waals surface area contributed by atoms with Gasteiger partial charge in [-0.05, 0) is 55.0 Å². The van der Waals surface area contributed by atoms with Crippen LogP contribution in [0.3, 0.4) is 0 Å². The Hall–Kier alpha value is -2.36. The van der Waals surface area contributed by atoms with Crippen molar-refractivity contribution in [3.05, 3.63) is 48.1 Å². The molecule has 2 rings (SSSR count). The third-order valence-electron chi connectivity index (χ3n) is 2.00. The zero-order chi connectivity index (χ0) is 12.8. The van der Waals surface area contributed by atoms with E-state index in [0.717, 1.165) is 0 Å². The Morgan fingerprint density at radius 3 is 1.71 bits per heavy atom. The van der Waals surface area contributed by atoms with Gasteiger partial charge in [0.1, 0.15) is 11.5 Å². The van der Waals surface area contributed by atoms with Gasteiger partial charge in [-0.1, -0.05) is 0 Å². The van der Waals surface area contributed by atoms with Crippen LogP contribution in [0.4, 0.5) is 0 Å². The van der Waals surface area contributed by atoms with Gasteiger partial charge >= 0.3 is 0 Å². The maximum Gasteiger partial charge on any atom is 0.178 e. The van der Waals surface area contributed by atoms with E-state index in [9.17, 15) is 9.59 Å².